The highest BCUT2D eigenvalue weighted by Gasteiger charge is 2.14. The standard InChI is InChI=1S/C14H15N3OS2/c1-9-13(20-10(2)17-9)14(18)16-8-12-11(4-3-6-15)5-7-19-12/h5,7H,6,8,15H2,1-2H3,(H,16,18). The van der Waals surface area contributed by atoms with E-state index in [1.54, 1.807) is 11.3 Å². The summed E-state index contributed by atoms with van der Waals surface area (Å²) in [6, 6.07) is 1.94. The van der Waals surface area contributed by atoms with Gasteiger partial charge in [-0.2, -0.15) is 0 Å². The third-order valence-corrected chi connectivity index (χ3v) is 4.58. The second kappa shape index (κ2) is 6.66. The lowest BCUT2D eigenvalue weighted by Gasteiger charge is -2.03. The number of thiophene rings is 1. The van der Waals surface area contributed by atoms with E-state index in [1.807, 2.05) is 25.3 Å². The Morgan fingerprint density at radius 1 is 1.50 bits per heavy atom. The second-order valence-electron chi connectivity index (χ2n) is 4.09. The molecule has 0 bridgehead atoms. The van der Waals surface area contributed by atoms with Crippen molar-refractivity contribution in [1.82, 2.24) is 10.3 Å². The maximum Gasteiger partial charge on any atom is 0.263 e. The van der Waals surface area contributed by atoms with Gasteiger partial charge in [0.25, 0.3) is 5.91 Å². The molecular weight excluding hydrogens is 290 g/mol. The zero-order valence-corrected chi connectivity index (χ0v) is 13.0. The summed E-state index contributed by atoms with van der Waals surface area (Å²) in [6.45, 7) is 4.55. The molecule has 0 radical (unpaired) electrons. The number of nitrogens with two attached hydrogens (primary N) is 1. The molecule has 104 valence electrons. The van der Waals surface area contributed by atoms with Gasteiger partial charge in [0.15, 0.2) is 0 Å². The number of amides is 1. The van der Waals surface area contributed by atoms with Crippen LogP contribution in [0.1, 0.15) is 30.8 Å². The molecule has 2 aromatic rings. The van der Waals surface area contributed by atoms with E-state index in [4.69, 9.17) is 5.73 Å². The van der Waals surface area contributed by atoms with Crippen molar-refractivity contribution in [2.75, 3.05) is 6.54 Å². The Morgan fingerprint density at radius 2 is 2.30 bits per heavy atom. The van der Waals surface area contributed by atoms with Gasteiger partial charge in [-0.05, 0) is 25.3 Å². The first-order valence-corrected chi connectivity index (χ1v) is 7.79. The van der Waals surface area contributed by atoms with Gasteiger partial charge in [-0.3, -0.25) is 4.79 Å². The van der Waals surface area contributed by atoms with Gasteiger partial charge < -0.3 is 11.1 Å². The molecule has 0 aliphatic rings. The van der Waals surface area contributed by atoms with Gasteiger partial charge in [0.05, 0.1) is 23.8 Å². The molecule has 4 nitrogen and oxygen atoms in total. The molecule has 3 N–H and O–H groups in total. The fourth-order valence-corrected chi connectivity index (χ4v) is 3.32. The average molecular weight is 305 g/mol. The number of nitrogens with one attached hydrogen (secondary N) is 1. The van der Waals surface area contributed by atoms with Gasteiger partial charge in [0.1, 0.15) is 4.88 Å². The highest BCUT2D eigenvalue weighted by atomic mass is 32.1. The largest absolute Gasteiger partial charge is 0.346 e. The summed E-state index contributed by atoms with van der Waals surface area (Å²) in [5, 5.41) is 5.78. The first-order chi connectivity index (χ1) is 9.61. The maximum absolute atomic E-state index is 12.1. The van der Waals surface area contributed by atoms with E-state index in [1.165, 1.54) is 11.3 Å². The molecule has 6 heteroatoms. The first-order valence-electron chi connectivity index (χ1n) is 6.09. The highest BCUT2D eigenvalue weighted by molar-refractivity contribution is 7.13. The topological polar surface area (TPSA) is 68.0 Å². The normalized spacial score (nSPS) is 9.95. The van der Waals surface area contributed by atoms with Gasteiger partial charge in [-0.1, -0.05) is 11.8 Å². The number of carbonyl (C=O) groups is 1. The Morgan fingerprint density at radius 3 is 2.95 bits per heavy atom. The number of thiazole rings is 1. The van der Waals surface area contributed by atoms with Crippen LogP contribution < -0.4 is 11.1 Å². The zero-order chi connectivity index (χ0) is 14.5. The molecule has 2 aromatic heterocycles. The summed E-state index contributed by atoms with van der Waals surface area (Å²) < 4.78 is 0. The molecule has 0 saturated heterocycles. The molecular formula is C14H15N3OS2. The van der Waals surface area contributed by atoms with Crippen molar-refractivity contribution in [3.8, 4) is 11.8 Å². The predicted octanol–water partition coefficient (Wildman–Crippen LogP) is 2.06. The quantitative estimate of drug-likeness (QED) is 0.853. The zero-order valence-electron chi connectivity index (χ0n) is 11.3. The smallest absolute Gasteiger partial charge is 0.263 e. The van der Waals surface area contributed by atoms with Crippen molar-refractivity contribution in [2.45, 2.75) is 20.4 Å². The molecule has 0 spiro atoms. The molecule has 0 atom stereocenters. The fourth-order valence-electron chi connectivity index (χ4n) is 1.72. The minimum absolute atomic E-state index is 0.0840. The Balaban J connectivity index is 2.04. The van der Waals surface area contributed by atoms with Crippen molar-refractivity contribution < 1.29 is 4.79 Å². The van der Waals surface area contributed by atoms with Gasteiger partial charge >= 0.3 is 0 Å². The van der Waals surface area contributed by atoms with Crippen LogP contribution in [0.15, 0.2) is 11.4 Å². The summed E-state index contributed by atoms with van der Waals surface area (Å²) in [5.41, 5.74) is 7.07. The Bertz CT molecular complexity index is 676. The number of hydrogen-bond donors (Lipinski definition) is 2. The van der Waals surface area contributed by atoms with E-state index in [2.05, 4.69) is 22.1 Å². The molecule has 1 amide bonds. The number of hydrogen-bond acceptors (Lipinski definition) is 5. The van der Waals surface area contributed by atoms with Crippen molar-refractivity contribution in [2.24, 2.45) is 5.73 Å². The molecule has 2 rings (SSSR count). The highest BCUT2D eigenvalue weighted by Crippen LogP contribution is 2.18. The minimum Gasteiger partial charge on any atom is -0.346 e. The van der Waals surface area contributed by atoms with Crippen LogP contribution in [0, 0.1) is 25.7 Å². The van der Waals surface area contributed by atoms with Crippen LogP contribution in [-0.4, -0.2) is 17.4 Å². The molecule has 0 fully saturated rings. The van der Waals surface area contributed by atoms with E-state index in [0.717, 1.165) is 21.1 Å². The monoisotopic (exact) mass is 305 g/mol. The predicted molar refractivity (Wildman–Crippen MR) is 83.0 cm³/mol. The van der Waals surface area contributed by atoms with Crippen LogP contribution in [0.2, 0.25) is 0 Å². The van der Waals surface area contributed by atoms with E-state index >= 15 is 0 Å². The summed E-state index contributed by atoms with van der Waals surface area (Å²) in [6.07, 6.45) is 0. The Hall–Kier alpha value is -1.68. The van der Waals surface area contributed by atoms with Crippen molar-refractivity contribution in [1.29, 1.82) is 0 Å². The average Bonchev–Trinajstić information content (AvgIpc) is 2.99. The lowest BCUT2D eigenvalue weighted by molar-refractivity contribution is 0.0954. The minimum atomic E-state index is -0.0840. The number of nitrogens with zero attached hydrogens (tertiary/aromatic N) is 1. The van der Waals surface area contributed by atoms with Crippen LogP contribution in [0.4, 0.5) is 0 Å². The van der Waals surface area contributed by atoms with Crippen LogP contribution in [0.5, 0.6) is 0 Å². The number of aryl methyl sites for hydroxylation is 2. The SMILES string of the molecule is Cc1nc(C)c(C(=O)NCc2sccc2C#CCN)s1. The summed E-state index contributed by atoms with van der Waals surface area (Å²) in [7, 11) is 0. The van der Waals surface area contributed by atoms with E-state index in [-0.39, 0.29) is 5.91 Å². The van der Waals surface area contributed by atoms with E-state index in [0.29, 0.717) is 18.0 Å². The van der Waals surface area contributed by atoms with Crippen molar-refractivity contribution in [3.63, 3.8) is 0 Å². The fraction of sp³-hybridized carbons (Fsp3) is 0.286. The van der Waals surface area contributed by atoms with Crippen LogP contribution in [-0.2, 0) is 6.54 Å². The second-order valence-corrected chi connectivity index (χ2v) is 6.30. The lowest BCUT2D eigenvalue weighted by atomic mass is 10.2. The number of rotatable bonds is 3. The maximum atomic E-state index is 12.1. The molecule has 0 aliphatic carbocycles. The summed E-state index contributed by atoms with van der Waals surface area (Å²) >= 11 is 2.99. The number of carbonyl (C=O) groups excluding carboxylic acids is 1. The Labute approximate surface area is 126 Å². The van der Waals surface area contributed by atoms with Crippen LogP contribution in [0.25, 0.3) is 0 Å². The third kappa shape index (κ3) is 3.45. The van der Waals surface area contributed by atoms with Crippen molar-refractivity contribution in [3.05, 3.63) is 37.5 Å². The molecule has 0 unspecified atom stereocenters. The van der Waals surface area contributed by atoms with Gasteiger partial charge in [-0.25, -0.2) is 4.98 Å². The van der Waals surface area contributed by atoms with E-state index < -0.39 is 0 Å². The summed E-state index contributed by atoms with van der Waals surface area (Å²) in [4.78, 5) is 18.1. The molecule has 2 heterocycles. The Kier molecular flexibility index (Phi) is 4.90. The van der Waals surface area contributed by atoms with Crippen LogP contribution >= 0.6 is 22.7 Å². The molecule has 0 aromatic carbocycles. The van der Waals surface area contributed by atoms with Crippen LogP contribution in [0.3, 0.4) is 0 Å². The third-order valence-electron chi connectivity index (χ3n) is 2.59. The van der Waals surface area contributed by atoms with Gasteiger partial charge in [-0.15, -0.1) is 22.7 Å². The summed E-state index contributed by atoms with van der Waals surface area (Å²) in [5.74, 6) is 5.75. The van der Waals surface area contributed by atoms with E-state index in [9.17, 15) is 4.79 Å². The first kappa shape index (κ1) is 14.7. The molecule has 0 saturated carbocycles. The van der Waals surface area contributed by atoms with Gasteiger partial charge in [0.2, 0.25) is 0 Å². The lowest BCUT2D eigenvalue weighted by Crippen LogP contribution is -2.22. The molecule has 20 heavy (non-hydrogen) atoms. The molecule has 0 aliphatic heterocycles. The van der Waals surface area contributed by atoms with Gasteiger partial charge in [0, 0.05) is 10.4 Å². The number of aromatic nitrogens is 1. The van der Waals surface area contributed by atoms with Crippen molar-refractivity contribution >= 4 is 28.6 Å².